The summed E-state index contributed by atoms with van der Waals surface area (Å²) in [7, 11) is 11.0. The van der Waals surface area contributed by atoms with E-state index in [0.717, 1.165) is 107 Å². The van der Waals surface area contributed by atoms with Gasteiger partial charge in [-0.1, -0.05) is 74.9 Å². The summed E-state index contributed by atoms with van der Waals surface area (Å²) in [6.45, 7) is 4.31. The SMILES string of the molecule is C[Si]C.FC(F)(F)c1cc(-c2cccc3[cH-]c(C4CCCCC4)cc23)cc(C(F)(F)F)c1.FC(F)(F)c1cc(-c2cccc3[cH-]c(C4CCCCC4)cc23)cc(C(F)(F)F)c1.[Cl][Zr+2][Cl]. The molecule has 6 aromatic carbocycles. The van der Waals surface area contributed by atoms with Crippen molar-refractivity contribution in [1.29, 1.82) is 0 Å². The number of hydrogen-bond acceptors (Lipinski definition) is 0. The van der Waals surface area contributed by atoms with Crippen LogP contribution in [0, 0.1) is 0 Å². The molecule has 0 amide bonds. The van der Waals surface area contributed by atoms with Crippen LogP contribution < -0.4 is 0 Å². The van der Waals surface area contributed by atoms with Crippen molar-refractivity contribution < 1.29 is 73.5 Å². The van der Waals surface area contributed by atoms with Gasteiger partial charge in [-0.2, -0.15) is 64.8 Å². The van der Waals surface area contributed by atoms with Gasteiger partial charge in [0.25, 0.3) is 0 Å². The van der Waals surface area contributed by atoms with E-state index in [2.05, 4.69) is 13.1 Å². The Morgan fingerprint density at radius 1 is 0.469 bits per heavy atom. The summed E-state index contributed by atoms with van der Waals surface area (Å²) in [5.41, 5.74) is -2.29. The van der Waals surface area contributed by atoms with E-state index >= 15 is 0 Å². The summed E-state index contributed by atoms with van der Waals surface area (Å²) in [6, 6.07) is 21.7. The maximum absolute atomic E-state index is 13.2. The normalized spacial score (nSPS) is 15.4. The van der Waals surface area contributed by atoms with Gasteiger partial charge in [-0.05, 0) is 85.0 Å². The Morgan fingerprint density at radius 3 is 1.02 bits per heavy atom. The van der Waals surface area contributed by atoms with Crippen LogP contribution >= 0.6 is 17.0 Å². The molecule has 16 heteroatoms. The van der Waals surface area contributed by atoms with Crippen molar-refractivity contribution in [3.63, 3.8) is 0 Å². The Kier molecular flexibility index (Phi) is 18.0. The summed E-state index contributed by atoms with van der Waals surface area (Å²) >= 11 is -0.826. The van der Waals surface area contributed by atoms with Crippen molar-refractivity contribution >= 4 is 48.1 Å². The summed E-state index contributed by atoms with van der Waals surface area (Å²) in [5, 5.41) is 3.07. The third kappa shape index (κ3) is 13.5. The molecule has 0 nitrogen and oxygen atoms in total. The Labute approximate surface area is 385 Å². The number of alkyl halides is 12. The molecule has 2 aliphatic carbocycles. The van der Waals surface area contributed by atoms with Gasteiger partial charge in [0.15, 0.2) is 0 Å². The molecule has 64 heavy (non-hydrogen) atoms. The van der Waals surface area contributed by atoms with Crippen molar-refractivity contribution in [1.82, 2.24) is 0 Å². The van der Waals surface area contributed by atoms with Crippen molar-refractivity contribution in [2.75, 3.05) is 0 Å². The molecule has 2 aliphatic rings. The van der Waals surface area contributed by atoms with E-state index in [1.165, 1.54) is 12.8 Å². The molecule has 2 radical (unpaired) electrons. The van der Waals surface area contributed by atoms with Gasteiger partial charge < -0.3 is 0 Å². The molecule has 2 saturated carbocycles. The zero-order valence-electron chi connectivity index (χ0n) is 34.8. The van der Waals surface area contributed by atoms with Gasteiger partial charge in [0.2, 0.25) is 0 Å². The second kappa shape index (κ2) is 22.2. The Bertz CT molecular complexity index is 2200. The predicted molar refractivity (Wildman–Crippen MR) is 231 cm³/mol. The summed E-state index contributed by atoms with van der Waals surface area (Å²) in [6.07, 6.45) is -8.22. The molecule has 0 saturated heterocycles. The van der Waals surface area contributed by atoms with Gasteiger partial charge in [0.1, 0.15) is 0 Å². The first kappa shape index (κ1) is 51.9. The third-order valence-corrected chi connectivity index (χ3v) is 11.5. The second-order valence-corrected chi connectivity index (χ2v) is 20.8. The molecular weight excluding hydrogens is 995 g/mol. The van der Waals surface area contributed by atoms with Gasteiger partial charge in [-0.3, -0.25) is 0 Å². The maximum atomic E-state index is 13.2. The molecule has 0 atom stereocenters. The third-order valence-electron chi connectivity index (χ3n) is 11.5. The van der Waals surface area contributed by atoms with E-state index in [4.69, 9.17) is 17.0 Å². The second-order valence-electron chi connectivity index (χ2n) is 16.0. The van der Waals surface area contributed by atoms with Gasteiger partial charge in [0.05, 0.1) is 22.3 Å². The first-order valence-corrected chi connectivity index (χ1v) is 28.9. The molecule has 8 rings (SSSR count). The van der Waals surface area contributed by atoms with Gasteiger partial charge in [-0.25, -0.2) is 0 Å². The predicted octanol–water partition coefficient (Wildman–Crippen LogP) is 18.8. The van der Waals surface area contributed by atoms with Crippen LogP contribution in [0.4, 0.5) is 52.7 Å². The molecule has 0 heterocycles. The molecule has 0 N–H and O–H groups in total. The number of rotatable bonds is 4. The Balaban J connectivity index is 0.000000215. The zero-order chi connectivity index (χ0) is 47.0. The molecule has 342 valence electrons. The van der Waals surface area contributed by atoms with Crippen LogP contribution in [-0.4, -0.2) is 9.52 Å². The van der Waals surface area contributed by atoms with E-state index in [-0.39, 0.29) is 23.3 Å². The average molecular weight is 1040 g/mol. The molecule has 6 aromatic rings. The van der Waals surface area contributed by atoms with Crippen molar-refractivity contribution in [2.24, 2.45) is 0 Å². The minimum absolute atomic E-state index is 0.0708. The van der Waals surface area contributed by atoms with Crippen LogP contribution in [0.25, 0.3) is 43.8 Å². The summed E-state index contributed by atoms with van der Waals surface area (Å²) < 4.78 is 159. The van der Waals surface area contributed by atoms with Crippen molar-refractivity contribution in [2.45, 2.75) is 114 Å². The van der Waals surface area contributed by atoms with E-state index in [9.17, 15) is 52.7 Å². The molecule has 0 aliphatic heterocycles. The minimum atomic E-state index is -4.86. The fraction of sp³-hybridized carbons (Fsp3) is 0.375. The van der Waals surface area contributed by atoms with Crippen LogP contribution in [0.3, 0.4) is 0 Å². The number of hydrogen-bond donors (Lipinski definition) is 0. The molecule has 0 spiro atoms. The topological polar surface area (TPSA) is 0 Å². The van der Waals surface area contributed by atoms with Crippen LogP contribution in [0.1, 0.15) is 109 Å². The Hall–Kier alpha value is -3.06. The number of fused-ring (bicyclic) bond motifs is 2. The quantitative estimate of drug-likeness (QED) is 0.0938. The standard InChI is InChI=1S/2C23H19F6.C2H6Si.2ClH.Zr/c2*24-22(25,26)18-10-17(11-19(13-18)23(27,28)29)20-8-4-7-15-9-16(12-21(15)20)14-5-2-1-3-6-14;1-3-2;;;/h2*4,7-14H,1-3,5-6H2;1-2H3;2*1H;/q2*-1;;;;+4/p-2. The molecule has 0 aromatic heterocycles. The van der Waals surface area contributed by atoms with Crippen LogP contribution in [0.2, 0.25) is 13.1 Å². The number of halogens is 14. The van der Waals surface area contributed by atoms with Crippen molar-refractivity contribution in [3.8, 4) is 22.3 Å². The molecular formula is C48H44Cl2F12SiZr. The molecule has 2 fully saturated rings. The summed E-state index contributed by atoms with van der Waals surface area (Å²) in [4.78, 5) is 0. The fourth-order valence-electron chi connectivity index (χ4n) is 8.58. The average Bonchev–Trinajstić information content (AvgIpc) is 3.89. The first-order chi connectivity index (χ1) is 30.1. The van der Waals surface area contributed by atoms with Gasteiger partial charge in [-0.15, -0.1) is 69.1 Å². The zero-order valence-corrected chi connectivity index (χ0v) is 39.7. The van der Waals surface area contributed by atoms with Crippen LogP contribution in [-0.2, 0) is 45.6 Å². The van der Waals surface area contributed by atoms with E-state index in [1.807, 2.05) is 36.4 Å². The fourth-order valence-corrected chi connectivity index (χ4v) is 8.58. The van der Waals surface area contributed by atoms with E-state index in [0.29, 0.717) is 33.7 Å². The van der Waals surface area contributed by atoms with E-state index < -0.39 is 67.8 Å². The molecule has 0 bridgehead atoms. The van der Waals surface area contributed by atoms with Crippen LogP contribution in [0.15, 0.2) is 97.1 Å². The number of benzene rings is 4. The molecule has 0 unspecified atom stereocenters. The van der Waals surface area contributed by atoms with E-state index in [1.54, 1.807) is 24.3 Å². The first-order valence-electron chi connectivity index (χ1n) is 20.6. The monoisotopic (exact) mass is 1040 g/mol. The van der Waals surface area contributed by atoms with Gasteiger partial charge >= 0.3 is 62.6 Å². The Morgan fingerprint density at radius 2 is 0.750 bits per heavy atom. The van der Waals surface area contributed by atoms with Crippen molar-refractivity contribution in [3.05, 3.63) is 130 Å². The van der Waals surface area contributed by atoms with Gasteiger partial charge in [0, 0.05) is 9.52 Å². The summed E-state index contributed by atoms with van der Waals surface area (Å²) in [5.74, 6) is 0.799. The van der Waals surface area contributed by atoms with Crippen LogP contribution in [0.5, 0.6) is 0 Å².